The summed E-state index contributed by atoms with van der Waals surface area (Å²) < 4.78 is 11.5. The number of fused-ring (bicyclic) bond motifs is 1. The van der Waals surface area contributed by atoms with E-state index >= 15 is 0 Å². The molecule has 0 aliphatic heterocycles. The average Bonchev–Trinajstić information content (AvgIpc) is 2.93. The summed E-state index contributed by atoms with van der Waals surface area (Å²) in [5.74, 6) is 0.269. The molecular weight excluding hydrogens is 296 g/mol. The van der Waals surface area contributed by atoms with E-state index < -0.39 is 0 Å². The Hall–Kier alpha value is -2.89. The molecule has 2 aromatic heterocycles. The van der Waals surface area contributed by atoms with E-state index in [-0.39, 0.29) is 24.6 Å². The van der Waals surface area contributed by atoms with E-state index in [1.54, 1.807) is 13.0 Å². The van der Waals surface area contributed by atoms with Crippen molar-refractivity contribution in [1.82, 2.24) is 9.56 Å². The van der Waals surface area contributed by atoms with Gasteiger partial charge in [0.15, 0.2) is 5.65 Å². The van der Waals surface area contributed by atoms with Crippen LogP contribution in [0, 0.1) is 6.92 Å². The standard InChI is InChI=1S/C17H16N2O4/c1-12-9-15-18-14(10-16(20)19(15)23-12)11-22-17(21)8-7-13-5-3-2-4-6-13/h2-6,9-10H,7-8,11H2,1H3. The zero-order valence-electron chi connectivity index (χ0n) is 12.7. The molecule has 6 heteroatoms. The van der Waals surface area contributed by atoms with E-state index in [1.165, 1.54) is 6.07 Å². The van der Waals surface area contributed by atoms with Gasteiger partial charge in [-0.25, -0.2) is 4.98 Å². The molecule has 0 aliphatic carbocycles. The lowest BCUT2D eigenvalue weighted by Crippen LogP contribution is -2.15. The van der Waals surface area contributed by atoms with Crippen molar-refractivity contribution in [3.05, 3.63) is 69.8 Å². The maximum absolute atomic E-state index is 11.9. The van der Waals surface area contributed by atoms with Crippen LogP contribution < -0.4 is 5.56 Å². The zero-order valence-corrected chi connectivity index (χ0v) is 12.7. The first-order valence-corrected chi connectivity index (χ1v) is 7.31. The Bertz CT molecular complexity index is 880. The van der Waals surface area contributed by atoms with E-state index in [2.05, 4.69) is 4.98 Å². The maximum Gasteiger partial charge on any atom is 0.306 e. The van der Waals surface area contributed by atoms with Crippen molar-refractivity contribution in [3.8, 4) is 0 Å². The van der Waals surface area contributed by atoms with Crippen LogP contribution in [0.15, 0.2) is 51.8 Å². The van der Waals surface area contributed by atoms with Crippen LogP contribution in [0.3, 0.4) is 0 Å². The first-order chi connectivity index (χ1) is 11.1. The number of hydrogen-bond donors (Lipinski definition) is 0. The van der Waals surface area contributed by atoms with Crippen molar-refractivity contribution in [2.24, 2.45) is 0 Å². The largest absolute Gasteiger partial charge is 0.459 e. The molecule has 2 heterocycles. The summed E-state index contributed by atoms with van der Waals surface area (Å²) in [6.45, 7) is 1.71. The minimum Gasteiger partial charge on any atom is -0.459 e. The number of esters is 1. The second kappa shape index (κ2) is 6.48. The second-order valence-corrected chi connectivity index (χ2v) is 5.23. The lowest BCUT2D eigenvalue weighted by molar-refractivity contribution is -0.145. The van der Waals surface area contributed by atoms with E-state index in [9.17, 15) is 9.59 Å². The fourth-order valence-corrected chi connectivity index (χ4v) is 2.27. The van der Waals surface area contributed by atoms with Crippen molar-refractivity contribution < 1.29 is 14.1 Å². The Morgan fingerprint density at radius 3 is 2.83 bits per heavy atom. The highest BCUT2D eigenvalue weighted by molar-refractivity contribution is 5.69. The van der Waals surface area contributed by atoms with Crippen LogP contribution in [0.4, 0.5) is 0 Å². The quantitative estimate of drug-likeness (QED) is 0.676. The molecule has 0 amide bonds. The number of aromatic nitrogens is 2. The lowest BCUT2D eigenvalue weighted by atomic mass is 10.1. The fourth-order valence-electron chi connectivity index (χ4n) is 2.27. The molecule has 0 aliphatic rings. The molecule has 0 saturated carbocycles. The molecule has 118 valence electrons. The van der Waals surface area contributed by atoms with E-state index in [4.69, 9.17) is 9.26 Å². The Morgan fingerprint density at radius 1 is 1.26 bits per heavy atom. The number of rotatable bonds is 5. The van der Waals surface area contributed by atoms with Gasteiger partial charge in [-0.15, -0.1) is 4.57 Å². The van der Waals surface area contributed by atoms with Crippen LogP contribution in [0.5, 0.6) is 0 Å². The molecule has 23 heavy (non-hydrogen) atoms. The Balaban J connectivity index is 1.59. The molecule has 1 aromatic carbocycles. The third kappa shape index (κ3) is 3.66. The van der Waals surface area contributed by atoms with Crippen LogP contribution in [0.1, 0.15) is 23.4 Å². The van der Waals surface area contributed by atoms with Crippen molar-refractivity contribution in [2.45, 2.75) is 26.4 Å². The van der Waals surface area contributed by atoms with Gasteiger partial charge in [-0.05, 0) is 18.9 Å². The van der Waals surface area contributed by atoms with Crippen molar-refractivity contribution in [3.63, 3.8) is 0 Å². The number of ether oxygens (including phenoxy) is 1. The molecular formula is C17H16N2O4. The maximum atomic E-state index is 11.9. The summed E-state index contributed by atoms with van der Waals surface area (Å²) in [6.07, 6.45) is 0.909. The van der Waals surface area contributed by atoms with E-state index in [1.807, 2.05) is 30.3 Å². The Morgan fingerprint density at radius 2 is 2.04 bits per heavy atom. The number of carbonyl (C=O) groups excluding carboxylic acids is 1. The molecule has 0 atom stereocenters. The zero-order chi connectivity index (χ0) is 16.2. The predicted octanol–water partition coefficient (Wildman–Crippen LogP) is 2.27. The molecule has 0 bridgehead atoms. The Labute approximate surface area is 132 Å². The van der Waals surface area contributed by atoms with Gasteiger partial charge in [-0.3, -0.25) is 9.59 Å². The van der Waals surface area contributed by atoms with Gasteiger partial charge in [-0.2, -0.15) is 0 Å². The number of carbonyl (C=O) groups is 1. The van der Waals surface area contributed by atoms with Crippen LogP contribution in [-0.2, 0) is 22.6 Å². The normalized spacial score (nSPS) is 10.8. The second-order valence-electron chi connectivity index (χ2n) is 5.23. The van der Waals surface area contributed by atoms with Crippen LogP contribution in [0.25, 0.3) is 5.65 Å². The summed E-state index contributed by atoms with van der Waals surface area (Å²) in [5.41, 5.74) is 1.56. The summed E-state index contributed by atoms with van der Waals surface area (Å²) in [5, 5.41) is 0. The number of hydrogen-bond acceptors (Lipinski definition) is 5. The predicted molar refractivity (Wildman–Crippen MR) is 83.0 cm³/mol. The van der Waals surface area contributed by atoms with Gasteiger partial charge in [0.1, 0.15) is 12.4 Å². The Kier molecular flexibility index (Phi) is 4.23. The highest BCUT2D eigenvalue weighted by Crippen LogP contribution is 2.07. The van der Waals surface area contributed by atoms with Gasteiger partial charge in [0.25, 0.3) is 5.56 Å². The number of nitrogens with zero attached hydrogens (tertiary/aromatic N) is 2. The molecule has 3 aromatic rings. The summed E-state index contributed by atoms with van der Waals surface area (Å²) >= 11 is 0. The smallest absolute Gasteiger partial charge is 0.306 e. The van der Waals surface area contributed by atoms with Crippen molar-refractivity contribution >= 4 is 11.6 Å². The van der Waals surface area contributed by atoms with Gasteiger partial charge < -0.3 is 9.26 Å². The van der Waals surface area contributed by atoms with Gasteiger partial charge in [0.2, 0.25) is 0 Å². The molecule has 3 rings (SSSR count). The first-order valence-electron chi connectivity index (χ1n) is 7.31. The molecule has 0 N–H and O–H groups in total. The molecule has 0 unspecified atom stereocenters. The molecule has 0 spiro atoms. The summed E-state index contributed by atoms with van der Waals surface area (Å²) in [6, 6.07) is 12.7. The minimum atomic E-state index is -0.335. The van der Waals surface area contributed by atoms with E-state index in [0.717, 1.165) is 10.1 Å². The van der Waals surface area contributed by atoms with Gasteiger partial charge in [0.05, 0.1) is 5.69 Å². The highest BCUT2D eigenvalue weighted by Gasteiger charge is 2.09. The minimum absolute atomic E-state index is 0.0242. The van der Waals surface area contributed by atoms with Crippen molar-refractivity contribution in [2.75, 3.05) is 0 Å². The SMILES string of the molecule is Cc1cc2nc(COC(=O)CCc3ccccc3)cc(=O)n2o1. The van der Waals surface area contributed by atoms with Gasteiger partial charge in [-0.1, -0.05) is 30.3 Å². The number of benzene rings is 1. The van der Waals surface area contributed by atoms with Crippen molar-refractivity contribution in [1.29, 1.82) is 0 Å². The monoisotopic (exact) mass is 312 g/mol. The van der Waals surface area contributed by atoms with Crippen LogP contribution >= 0.6 is 0 Å². The molecule has 6 nitrogen and oxygen atoms in total. The molecule has 0 radical (unpaired) electrons. The summed E-state index contributed by atoms with van der Waals surface area (Å²) in [4.78, 5) is 27.9. The van der Waals surface area contributed by atoms with Crippen LogP contribution in [0.2, 0.25) is 0 Å². The van der Waals surface area contributed by atoms with Gasteiger partial charge in [0, 0.05) is 18.6 Å². The third-order valence-corrected chi connectivity index (χ3v) is 3.37. The molecule has 0 saturated heterocycles. The highest BCUT2D eigenvalue weighted by atomic mass is 16.5. The fraction of sp³-hybridized carbons (Fsp3) is 0.235. The number of aryl methyl sites for hydroxylation is 2. The third-order valence-electron chi connectivity index (χ3n) is 3.37. The topological polar surface area (TPSA) is 73.8 Å². The molecule has 0 fully saturated rings. The average molecular weight is 312 g/mol. The summed E-state index contributed by atoms with van der Waals surface area (Å²) in [7, 11) is 0. The van der Waals surface area contributed by atoms with Gasteiger partial charge >= 0.3 is 5.97 Å². The lowest BCUT2D eigenvalue weighted by Gasteiger charge is -2.04. The van der Waals surface area contributed by atoms with Crippen LogP contribution in [-0.4, -0.2) is 15.5 Å². The van der Waals surface area contributed by atoms with E-state index in [0.29, 0.717) is 23.5 Å². The first kappa shape index (κ1) is 15.0.